The Morgan fingerprint density at radius 3 is 2.76 bits per heavy atom. The van der Waals surface area contributed by atoms with E-state index < -0.39 is 26.3 Å². The molecule has 0 saturated heterocycles. The van der Waals surface area contributed by atoms with Crippen molar-refractivity contribution in [1.82, 2.24) is 0 Å². The minimum atomic E-state index is -4.43. The number of ether oxygens (including phenoxy) is 2. The van der Waals surface area contributed by atoms with Crippen molar-refractivity contribution in [3.63, 3.8) is 0 Å². The summed E-state index contributed by atoms with van der Waals surface area (Å²) in [6, 6.07) is 6.53. The van der Waals surface area contributed by atoms with E-state index in [2.05, 4.69) is 0 Å². The molecule has 1 atom stereocenters. The summed E-state index contributed by atoms with van der Waals surface area (Å²) in [6.07, 6.45) is -0.632. The van der Waals surface area contributed by atoms with Gasteiger partial charge in [0.1, 0.15) is 18.9 Å². The van der Waals surface area contributed by atoms with E-state index in [4.69, 9.17) is 18.8 Å². The Balaban J connectivity index is 0.00000220. The van der Waals surface area contributed by atoms with E-state index in [9.17, 15) is 14.3 Å². The van der Waals surface area contributed by atoms with E-state index in [0.717, 1.165) is 0 Å². The second-order valence-corrected chi connectivity index (χ2v) is 5.73. The standard InChI is InChI=1S/C12H13O7P.Na/c1-17-9-3-2-8-6-11(19-10(8)7-9)12(13)18-4-5-20(14,15)16;/h2-3,6-7H,4-5H2,1H3,(H2,14,15,16);/q;+1/p-1. The summed E-state index contributed by atoms with van der Waals surface area (Å²) in [5, 5.41) is 0.689. The monoisotopic (exact) mass is 322 g/mol. The largest absolute Gasteiger partial charge is 1.00 e. The molecule has 7 nitrogen and oxygen atoms in total. The molecule has 108 valence electrons. The van der Waals surface area contributed by atoms with Crippen LogP contribution < -0.4 is 39.2 Å². The third-order valence-electron chi connectivity index (χ3n) is 2.54. The van der Waals surface area contributed by atoms with E-state index in [1.807, 2.05) is 0 Å². The normalized spacial score (nSPS) is 13.3. The zero-order valence-corrected chi connectivity index (χ0v) is 14.5. The fraction of sp³-hybridized carbons (Fsp3) is 0.250. The number of methoxy groups -OCH3 is 1. The van der Waals surface area contributed by atoms with Crippen LogP contribution in [0.4, 0.5) is 0 Å². The molecule has 1 heterocycles. The second kappa shape index (κ2) is 7.45. The molecule has 21 heavy (non-hydrogen) atoms. The number of furan rings is 1. The van der Waals surface area contributed by atoms with Gasteiger partial charge < -0.3 is 28.2 Å². The van der Waals surface area contributed by atoms with Crippen molar-refractivity contribution in [1.29, 1.82) is 0 Å². The third kappa shape index (κ3) is 5.14. The van der Waals surface area contributed by atoms with Gasteiger partial charge in [0.25, 0.3) is 0 Å². The molecule has 1 aromatic carbocycles. The minimum Gasteiger partial charge on any atom is -0.779 e. The molecule has 0 fully saturated rings. The number of benzene rings is 1. The average molecular weight is 322 g/mol. The van der Waals surface area contributed by atoms with E-state index in [1.54, 1.807) is 18.2 Å². The molecule has 0 amide bonds. The van der Waals surface area contributed by atoms with Crippen LogP contribution in [-0.4, -0.2) is 30.7 Å². The van der Waals surface area contributed by atoms with Crippen molar-refractivity contribution in [3.8, 4) is 5.75 Å². The summed E-state index contributed by atoms with van der Waals surface area (Å²) >= 11 is 0. The van der Waals surface area contributed by atoms with Crippen LogP contribution in [0, 0.1) is 0 Å². The summed E-state index contributed by atoms with van der Waals surface area (Å²) in [6.45, 7) is -0.434. The molecular weight excluding hydrogens is 310 g/mol. The summed E-state index contributed by atoms with van der Waals surface area (Å²) in [5.41, 5.74) is 0.452. The Morgan fingerprint density at radius 1 is 1.43 bits per heavy atom. The van der Waals surface area contributed by atoms with Crippen molar-refractivity contribution in [2.75, 3.05) is 19.9 Å². The summed E-state index contributed by atoms with van der Waals surface area (Å²) in [4.78, 5) is 30.7. The molecule has 0 radical (unpaired) electrons. The first kappa shape index (κ1) is 18.2. The van der Waals surface area contributed by atoms with Crippen LogP contribution in [0.2, 0.25) is 0 Å². The smallest absolute Gasteiger partial charge is 0.779 e. The molecule has 0 aliphatic carbocycles. The zero-order chi connectivity index (χ0) is 14.8. The van der Waals surface area contributed by atoms with Crippen LogP contribution >= 0.6 is 7.60 Å². The topological polar surface area (TPSA) is 109 Å². The summed E-state index contributed by atoms with van der Waals surface area (Å²) in [5.74, 6) is -0.264. The zero-order valence-electron chi connectivity index (χ0n) is 11.6. The van der Waals surface area contributed by atoms with E-state index in [0.29, 0.717) is 16.7 Å². The van der Waals surface area contributed by atoms with Crippen molar-refractivity contribution in [3.05, 3.63) is 30.0 Å². The predicted molar refractivity (Wildman–Crippen MR) is 67.7 cm³/mol. The van der Waals surface area contributed by atoms with Crippen molar-refractivity contribution in [2.24, 2.45) is 0 Å². The van der Waals surface area contributed by atoms with Gasteiger partial charge in [-0.3, -0.25) is 0 Å². The van der Waals surface area contributed by atoms with Gasteiger partial charge >= 0.3 is 35.5 Å². The van der Waals surface area contributed by atoms with Gasteiger partial charge in [-0.25, -0.2) is 4.79 Å². The Morgan fingerprint density at radius 2 is 2.14 bits per heavy atom. The van der Waals surface area contributed by atoms with Crippen LogP contribution in [0.1, 0.15) is 10.6 Å². The minimum absolute atomic E-state index is 0. The molecule has 2 rings (SSSR count). The van der Waals surface area contributed by atoms with Gasteiger partial charge in [-0.15, -0.1) is 0 Å². The van der Waals surface area contributed by atoms with Crippen LogP contribution in [-0.2, 0) is 9.30 Å². The van der Waals surface area contributed by atoms with Crippen LogP contribution in [0.15, 0.2) is 28.7 Å². The fourth-order valence-electron chi connectivity index (χ4n) is 1.56. The molecular formula is C12H12NaO7P. The van der Waals surface area contributed by atoms with Gasteiger partial charge in [0, 0.05) is 17.6 Å². The number of esters is 1. The molecule has 0 bridgehead atoms. The number of carbonyl (C=O) groups is 1. The van der Waals surface area contributed by atoms with Crippen molar-refractivity contribution < 1.29 is 62.6 Å². The maximum absolute atomic E-state index is 11.6. The third-order valence-corrected chi connectivity index (χ3v) is 3.28. The molecule has 0 saturated carbocycles. The van der Waals surface area contributed by atoms with Crippen molar-refractivity contribution >= 4 is 24.5 Å². The SMILES string of the molecule is COc1ccc2cc(C(=O)OCCP(=O)([O-])O)oc2c1.[Na+]. The number of rotatable bonds is 5. The fourth-order valence-corrected chi connectivity index (χ4v) is 1.89. The molecule has 1 N–H and O–H groups in total. The number of hydrogen-bond acceptors (Lipinski definition) is 6. The number of carbonyl (C=O) groups excluding carboxylic acids is 1. The Labute approximate surface area is 142 Å². The Kier molecular flexibility index (Phi) is 6.46. The van der Waals surface area contributed by atoms with E-state index in [-0.39, 0.29) is 35.3 Å². The van der Waals surface area contributed by atoms with E-state index >= 15 is 0 Å². The molecule has 2 aromatic rings. The van der Waals surface area contributed by atoms with Gasteiger partial charge in [-0.2, -0.15) is 0 Å². The second-order valence-electron chi connectivity index (χ2n) is 4.01. The Hall–Kier alpha value is -0.820. The maximum Gasteiger partial charge on any atom is 1.00 e. The van der Waals surface area contributed by atoms with Crippen molar-refractivity contribution in [2.45, 2.75) is 0 Å². The first-order valence-corrected chi connectivity index (χ1v) is 7.43. The quantitative estimate of drug-likeness (QED) is 0.391. The van der Waals surface area contributed by atoms with Gasteiger partial charge in [-0.1, -0.05) is 0 Å². The number of hydrogen-bond donors (Lipinski definition) is 1. The molecule has 9 heteroatoms. The summed E-state index contributed by atoms with van der Waals surface area (Å²) in [7, 11) is -2.92. The van der Waals surface area contributed by atoms with Gasteiger partial charge in [0.05, 0.1) is 13.7 Å². The van der Waals surface area contributed by atoms with Gasteiger partial charge in [-0.05, 0) is 18.2 Å². The van der Waals surface area contributed by atoms with Gasteiger partial charge in [0.2, 0.25) is 5.76 Å². The van der Waals surface area contributed by atoms with Crippen LogP contribution in [0.25, 0.3) is 11.0 Å². The predicted octanol–water partition coefficient (Wildman–Crippen LogP) is -1.85. The summed E-state index contributed by atoms with van der Waals surface area (Å²) < 4.78 is 25.5. The van der Waals surface area contributed by atoms with Crippen LogP contribution in [0.5, 0.6) is 5.75 Å². The van der Waals surface area contributed by atoms with Crippen LogP contribution in [0.3, 0.4) is 0 Å². The van der Waals surface area contributed by atoms with E-state index in [1.165, 1.54) is 13.2 Å². The molecule has 0 spiro atoms. The molecule has 1 unspecified atom stereocenters. The molecule has 0 aliphatic heterocycles. The van der Waals surface area contributed by atoms with Gasteiger partial charge in [0.15, 0.2) is 0 Å². The molecule has 1 aromatic heterocycles. The maximum atomic E-state index is 11.6. The Bertz CT molecular complexity index is 675. The number of fused-ring (bicyclic) bond motifs is 1. The first-order valence-electron chi connectivity index (χ1n) is 5.66. The molecule has 0 aliphatic rings. The first-order chi connectivity index (χ1) is 9.39. The average Bonchev–Trinajstić information content (AvgIpc) is 2.79.